The van der Waals surface area contributed by atoms with E-state index in [1.807, 2.05) is 44.2 Å². The standard InChI is InChI=1S/C19H22N2O5S/c1-3-9-25-18(23)15-12(2)11-27-17-14(16(22)21(15)17)20-19(24)26-10-13-7-5-4-6-8-13/h4-8,14,17H,3,9-11H2,1-2H3,(H,20,24)/t14-,17-/m1/s1. The van der Waals surface area contributed by atoms with Crippen LogP contribution in [0.4, 0.5) is 4.79 Å². The third kappa shape index (κ3) is 4.10. The fourth-order valence-corrected chi connectivity index (χ4v) is 4.21. The molecule has 7 nitrogen and oxygen atoms in total. The number of ether oxygens (including phenoxy) is 2. The molecule has 1 N–H and O–H groups in total. The molecule has 1 aromatic rings. The first-order valence-electron chi connectivity index (χ1n) is 8.81. The molecule has 0 unspecified atom stereocenters. The van der Waals surface area contributed by atoms with Crippen molar-refractivity contribution in [1.82, 2.24) is 10.2 Å². The summed E-state index contributed by atoms with van der Waals surface area (Å²) in [6.07, 6.45) is 0.0561. The summed E-state index contributed by atoms with van der Waals surface area (Å²) in [4.78, 5) is 38.3. The highest BCUT2D eigenvalue weighted by molar-refractivity contribution is 8.00. The molecule has 8 heteroatoms. The molecular formula is C19H22N2O5S. The second-order valence-electron chi connectivity index (χ2n) is 6.36. The van der Waals surface area contributed by atoms with E-state index in [1.54, 1.807) is 0 Å². The van der Waals surface area contributed by atoms with Crippen molar-refractivity contribution in [3.05, 3.63) is 47.2 Å². The number of rotatable bonds is 6. The Balaban J connectivity index is 1.58. The lowest BCUT2D eigenvalue weighted by Crippen LogP contribution is -2.70. The number of amides is 2. The van der Waals surface area contributed by atoms with Gasteiger partial charge in [-0.25, -0.2) is 9.59 Å². The molecule has 0 radical (unpaired) electrons. The van der Waals surface area contributed by atoms with Gasteiger partial charge < -0.3 is 14.8 Å². The largest absolute Gasteiger partial charge is 0.461 e. The number of fused-ring (bicyclic) bond motifs is 1. The summed E-state index contributed by atoms with van der Waals surface area (Å²) in [6.45, 7) is 4.16. The highest BCUT2D eigenvalue weighted by Crippen LogP contribution is 2.40. The first-order chi connectivity index (χ1) is 13.0. The number of esters is 1. The van der Waals surface area contributed by atoms with Gasteiger partial charge in [0.15, 0.2) is 0 Å². The Labute approximate surface area is 162 Å². The van der Waals surface area contributed by atoms with E-state index in [4.69, 9.17) is 9.47 Å². The molecule has 0 spiro atoms. The average molecular weight is 390 g/mol. The summed E-state index contributed by atoms with van der Waals surface area (Å²) in [6, 6.07) is 8.59. The topological polar surface area (TPSA) is 84.9 Å². The highest BCUT2D eigenvalue weighted by atomic mass is 32.2. The van der Waals surface area contributed by atoms with Crippen LogP contribution in [0.1, 0.15) is 25.8 Å². The maximum absolute atomic E-state index is 12.5. The van der Waals surface area contributed by atoms with Crippen molar-refractivity contribution in [3.8, 4) is 0 Å². The van der Waals surface area contributed by atoms with Gasteiger partial charge in [-0.05, 0) is 24.5 Å². The number of hydrogen-bond donors (Lipinski definition) is 1. The fraction of sp³-hybridized carbons (Fsp3) is 0.421. The van der Waals surface area contributed by atoms with Crippen molar-refractivity contribution >= 4 is 29.7 Å². The lowest BCUT2D eigenvalue weighted by Gasteiger charge is -2.49. The van der Waals surface area contributed by atoms with Crippen LogP contribution in [0.5, 0.6) is 0 Å². The number of alkyl carbamates (subject to hydrolysis) is 1. The van der Waals surface area contributed by atoms with Gasteiger partial charge in [-0.15, -0.1) is 11.8 Å². The van der Waals surface area contributed by atoms with Crippen molar-refractivity contribution in [2.45, 2.75) is 38.3 Å². The molecule has 0 aromatic heterocycles. The number of nitrogens with one attached hydrogen (secondary N) is 1. The first-order valence-corrected chi connectivity index (χ1v) is 9.86. The Bertz CT molecular complexity index is 765. The molecule has 0 bridgehead atoms. The van der Waals surface area contributed by atoms with Gasteiger partial charge in [0, 0.05) is 5.75 Å². The van der Waals surface area contributed by atoms with E-state index in [1.165, 1.54) is 16.7 Å². The van der Waals surface area contributed by atoms with Gasteiger partial charge in [-0.1, -0.05) is 37.3 Å². The van der Waals surface area contributed by atoms with Gasteiger partial charge in [-0.2, -0.15) is 0 Å². The van der Waals surface area contributed by atoms with Crippen LogP contribution in [0.2, 0.25) is 0 Å². The molecule has 0 saturated carbocycles. The molecule has 3 rings (SSSR count). The molecular weight excluding hydrogens is 368 g/mol. The van der Waals surface area contributed by atoms with Gasteiger partial charge in [0.1, 0.15) is 23.7 Å². The minimum atomic E-state index is -0.708. The molecule has 2 heterocycles. The Kier molecular flexibility index (Phi) is 6.05. The molecule has 1 aromatic carbocycles. The molecule has 2 amide bonds. The molecule has 2 aliphatic rings. The Morgan fingerprint density at radius 3 is 2.70 bits per heavy atom. The molecule has 2 atom stereocenters. The number of thioether (sulfide) groups is 1. The lowest BCUT2D eigenvalue weighted by molar-refractivity contribution is -0.151. The maximum atomic E-state index is 12.5. The van der Waals surface area contributed by atoms with E-state index in [0.29, 0.717) is 24.5 Å². The van der Waals surface area contributed by atoms with Crippen LogP contribution in [0.15, 0.2) is 41.6 Å². The molecule has 1 saturated heterocycles. The summed E-state index contributed by atoms with van der Waals surface area (Å²) >= 11 is 1.50. The monoisotopic (exact) mass is 390 g/mol. The molecule has 27 heavy (non-hydrogen) atoms. The summed E-state index contributed by atoms with van der Waals surface area (Å²) in [7, 11) is 0. The summed E-state index contributed by atoms with van der Waals surface area (Å²) < 4.78 is 10.4. The number of carbonyl (C=O) groups is 3. The minimum absolute atomic E-state index is 0.128. The van der Waals surface area contributed by atoms with Crippen LogP contribution in [0.25, 0.3) is 0 Å². The predicted octanol–water partition coefficient (Wildman–Crippen LogP) is 2.42. The number of carbonyl (C=O) groups excluding carboxylic acids is 3. The Morgan fingerprint density at radius 1 is 1.26 bits per heavy atom. The van der Waals surface area contributed by atoms with Crippen molar-refractivity contribution in [2.75, 3.05) is 12.4 Å². The maximum Gasteiger partial charge on any atom is 0.408 e. The fourth-order valence-electron chi connectivity index (χ4n) is 2.92. The number of hydrogen-bond acceptors (Lipinski definition) is 6. The van der Waals surface area contributed by atoms with Gasteiger partial charge in [0.2, 0.25) is 0 Å². The summed E-state index contributed by atoms with van der Waals surface area (Å²) in [5, 5.41) is 2.28. The summed E-state index contributed by atoms with van der Waals surface area (Å²) in [5.74, 6) is -0.216. The second kappa shape index (κ2) is 8.47. The van der Waals surface area contributed by atoms with Crippen LogP contribution < -0.4 is 5.32 Å². The zero-order chi connectivity index (χ0) is 19.4. The quantitative estimate of drug-likeness (QED) is 0.593. The van der Waals surface area contributed by atoms with Crippen LogP contribution in [-0.2, 0) is 25.7 Å². The van der Waals surface area contributed by atoms with Gasteiger partial charge in [0.05, 0.1) is 6.61 Å². The van der Waals surface area contributed by atoms with Crippen molar-refractivity contribution in [3.63, 3.8) is 0 Å². The predicted molar refractivity (Wildman–Crippen MR) is 101 cm³/mol. The van der Waals surface area contributed by atoms with E-state index in [9.17, 15) is 14.4 Å². The van der Waals surface area contributed by atoms with Crippen molar-refractivity contribution in [2.24, 2.45) is 0 Å². The highest BCUT2D eigenvalue weighted by Gasteiger charge is 2.54. The first kappa shape index (κ1) is 19.3. The molecule has 2 aliphatic heterocycles. The van der Waals surface area contributed by atoms with E-state index in [0.717, 1.165) is 11.1 Å². The average Bonchev–Trinajstić information content (AvgIpc) is 2.69. The van der Waals surface area contributed by atoms with Crippen LogP contribution in [0, 0.1) is 0 Å². The van der Waals surface area contributed by atoms with Crippen molar-refractivity contribution < 1.29 is 23.9 Å². The number of nitrogens with zero attached hydrogens (tertiary/aromatic N) is 1. The van der Waals surface area contributed by atoms with Gasteiger partial charge in [0.25, 0.3) is 5.91 Å². The zero-order valence-corrected chi connectivity index (χ0v) is 16.1. The molecule has 1 fully saturated rings. The third-order valence-corrected chi connectivity index (χ3v) is 5.70. The minimum Gasteiger partial charge on any atom is -0.461 e. The van der Waals surface area contributed by atoms with Crippen molar-refractivity contribution in [1.29, 1.82) is 0 Å². The molecule has 0 aliphatic carbocycles. The lowest BCUT2D eigenvalue weighted by atomic mass is 10.0. The van der Waals surface area contributed by atoms with Gasteiger partial charge >= 0.3 is 12.1 Å². The van der Waals surface area contributed by atoms with E-state index < -0.39 is 18.1 Å². The SMILES string of the molecule is CCCOC(=O)C1=C(C)CS[C@@H]2[C@H](NC(=O)OCc3ccccc3)C(=O)N12. The molecule has 144 valence electrons. The number of benzene rings is 1. The summed E-state index contributed by atoms with van der Waals surface area (Å²) in [5.41, 5.74) is 1.96. The van der Waals surface area contributed by atoms with E-state index in [2.05, 4.69) is 5.32 Å². The van der Waals surface area contributed by atoms with E-state index in [-0.39, 0.29) is 17.9 Å². The Hall–Kier alpha value is -2.48. The zero-order valence-electron chi connectivity index (χ0n) is 15.3. The smallest absolute Gasteiger partial charge is 0.408 e. The van der Waals surface area contributed by atoms with Crippen LogP contribution in [0.3, 0.4) is 0 Å². The van der Waals surface area contributed by atoms with Crippen LogP contribution in [-0.4, -0.2) is 46.6 Å². The third-order valence-electron chi connectivity index (χ3n) is 4.28. The van der Waals surface area contributed by atoms with E-state index >= 15 is 0 Å². The number of β-lactam (4-membered cyclic amide) rings is 1. The Morgan fingerprint density at radius 2 is 2.00 bits per heavy atom. The van der Waals surface area contributed by atoms with Gasteiger partial charge in [-0.3, -0.25) is 9.69 Å². The second-order valence-corrected chi connectivity index (χ2v) is 7.46. The normalized spacial score (nSPS) is 21.3. The van der Waals surface area contributed by atoms with Crippen LogP contribution >= 0.6 is 11.8 Å².